The highest BCUT2D eigenvalue weighted by Crippen LogP contribution is 1.98. The first-order chi connectivity index (χ1) is 4.00. The van der Waals surface area contributed by atoms with Crippen LogP contribution in [-0.4, -0.2) is 30.0 Å². The highest BCUT2D eigenvalue weighted by Gasteiger charge is 2.15. The second-order valence-electron chi connectivity index (χ2n) is 1.66. The Morgan fingerprint density at radius 1 is 1.67 bits per heavy atom. The van der Waals surface area contributed by atoms with Gasteiger partial charge in [0.05, 0.1) is 5.75 Å². The Bertz CT molecular complexity index is 161. The molecule has 5 heteroatoms. The van der Waals surface area contributed by atoms with Crippen LogP contribution in [0.15, 0.2) is 0 Å². The number of hydrogen-bond acceptors (Lipinski definition) is 3. The van der Waals surface area contributed by atoms with E-state index < -0.39 is 15.3 Å². The second kappa shape index (κ2) is 3.53. The molecule has 0 radical (unpaired) electrons. The summed E-state index contributed by atoms with van der Waals surface area (Å²) < 4.78 is 21.3. The lowest BCUT2D eigenvalue weighted by atomic mass is 10.9. The maximum absolute atomic E-state index is 10.7. The summed E-state index contributed by atoms with van der Waals surface area (Å²) in [7, 11) is -3.24. The molecule has 0 rings (SSSR count). The normalized spacial score (nSPS) is 15.4. The first-order valence-electron chi connectivity index (χ1n) is 2.46. The second-order valence-corrected chi connectivity index (χ2v) is 4.86. The third-order valence-corrected chi connectivity index (χ3v) is 3.62. The summed E-state index contributed by atoms with van der Waals surface area (Å²) in [6, 6.07) is 0. The molecule has 0 spiro atoms. The SMILES string of the molecule is CC(O)S(=O)(=O)CCBr. The van der Waals surface area contributed by atoms with Crippen LogP contribution in [0, 0.1) is 0 Å². The van der Waals surface area contributed by atoms with Crippen molar-refractivity contribution in [1.29, 1.82) is 0 Å². The molecule has 0 aromatic heterocycles. The number of aliphatic hydroxyl groups is 1. The molecular formula is C4H9BrO3S. The van der Waals surface area contributed by atoms with Crippen LogP contribution < -0.4 is 0 Å². The van der Waals surface area contributed by atoms with E-state index in [1.54, 1.807) is 0 Å². The van der Waals surface area contributed by atoms with E-state index in [1.165, 1.54) is 6.92 Å². The molecule has 56 valence electrons. The molecule has 0 amide bonds. The van der Waals surface area contributed by atoms with Gasteiger partial charge in [0.2, 0.25) is 0 Å². The van der Waals surface area contributed by atoms with Crippen LogP contribution in [0.25, 0.3) is 0 Å². The average Bonchev–Trinajstić information content (AvgIpc) is 1.65. The third kappa shape index (κ3) is 3.17. The van der Waals surface area contributed by atoms with E-state index in [4.69, 9.17) is 5.11 Å². The van der Waals surface area contributed by atoms with Crippen LogP contribution in [0.3, 0.4) is 0 Å². The van der Waals surface area contributed by atoms with Gasteiger partial charge in [-0.25, -0.2) is 8.42 Å². The topological polar surface area (TPSA) is 54.4 Å². The van der Waals surface area contributed by atoms with Gasteiger partial charge < -0.3 is 5.11 Å². The van der Waals surface area contributed by atoms with Gasteiger partial charge in [0.15, 0.2) is 15.3 Å². The zero-order valence-electron chi connectivity index (χ0n) is 5.04. The van der Waals surface area contributed by atoms with Gasteiger partial charge in [-0.3, -0.25) is 0 Å². The molecule has 0 aliphatic heterocycles. The number of halogens is 1. The maximum atomic E-state index is 10.7. The highest BCUT2D eigenvalue weighted by molar-refractivity contribution is 9.09. The summed E-state index contributed by atoms with van der Waals surface area (Å²) in [4.78, 5) is 0. The molecule has 0 saturated heterocycles. The van der Waals surface area contributed by atoms with Crippen molar-refractivity contribution in [3.05, 3.63) is 0 Å². The van der Waals surface area contributed by atoms with Gasteiger partial charge in [-0.15, -0.1) is 0 Å². The van der Waals surface area contributed by atoms with Crippen LogP contribution in [0.4, 0.5) is 0 Å². The number of hydrogen-bond donors (Lipinski definition) is 1. The van der Waals surface area contributed by atoms with Gasteiger partial charge in [-0.05, 0) is 6.92 Å². The first-order valence-corrected chi connectivity index (χ1v) is 5.30. The van der Waals surface area contributed by atoms with Crippen molar-refractivity contribution in [2.45, 2.75) is 12.4 Å². The van der Waals surface area contributed by atoms with Crippen molar-refractivity contribution in [1.82, 2.24) is 0 Å². The van der Waals surface area contributed by atoms with Crippen molar-refractivity contribution in [2.24, 2.45) is 0 Å². The van der Waals surface area contributed by atoms with Crippen molar-refractivity contribution in [3.63, 3.8) is 0 Å². The molecule has 0 saturated carbocycles. The molecule has 1 N–H and O–H groups in total. The average molecular weight is 217 g/mol. The fourth-order valence-electron chi connectivity index (χ4n) is 0.278. The molecule has 0 bridgehead atoms. The summed E-state index contributed by atoms with van der Waals surface area (Å²) in [6.45, 7) is 1.25. The summed E-state index contributed by atoms with van der Waals surface area (Å²) in [5.74, 6) is -0.00926. The Morgan fingerprint density at radius 2 is 2.11 bits per heavy atom. The smallest absolute Gasteiger partial charge is 0.177 e. The standard InChI is InChI=1S/C4H9BrO3S/c1-4(6)9(7,8)3-2-5/h4,6H,2-3H2,1H3. The summed E-state index contributed by atoms with van der Waals surface area (Å²) >= 11 is 2.96. The minimum absolute atomic E-state index is 0.00926. The maximum Gasteiger partial charge on any atom is 0.177 e. The van der Waals surface area contributed by atoms with Gasteiger partial charge in [0, 0.05) is 5.33 Å². The van der Waals surface area contributed by atoms with E-state index in [9.17, 15) is 8.42 Å². The van der Waals surface area contributed by atoms with E-state index in [0.717, 1.165) is 0 Å². The Balaban J connectivity index is 4.05. The molecule has 3 nitrogen and oxygen atoms in total. The fourth-order valence-corrected chi connectivity index (χ4v) is 2.19. The Morgan fingerprint density at radius 3 is 2.22 bits per heavy atom. The summed E-state index contributed by atoms with van der Waals surface area (Å²) in [5, 5.41) is 8.98. The van der Waals surface area contributed by atoms with Gasteiger partial charge >= 0.3 is 0 Å². The molecule has 0 aromatic carbocycles. The number of sulfone groups is 1. The lowest BCUT2D eigenvalue weighted by Crippen LogP contribution is -2.20. The van der Waals surface area contributed by atoms with Crippen molar-refractivity contribution in [2.75, 3.05) is 11.1 Å². The predicted molar refractivity (Wildman–Crippen MR) is 39.3 cm³/mol. The molecule has 0 aliphatic carbocycles. The molecule has 0 aliphatic rings. The van der Waals surface area contributed by atoms with E-state index in [-0.39, 0.29) is 5.75 Å². The number of alkyl halides is 1. The Labute approximate surface area is 63.1 Å². The van der Waals surface area contributed by atoms with Crippen molar-refractivity contribution >= 4 is 25.8 Å². The Hall–Kier alpha value is 0.390. The van der Waals surface area contributed by atoms with E-state index in [0.29, 0.717) is 5.33 Å². The van der Waals surface area contributed by atoms with Crippen LogP contribution in [0.5, 0.6) is 0 Å². The fraction of sp³-hybridized carbons (Fsp3) is 1.00. The molecule has 9 heavy (non-hydrogen) atoms. The van der Waals surface area contributed by atoms with Gasteiger partial charge in [0.25, 0.3) is 0 Å². The molecule has 0 heterocycles. The number of aliphatic hydroxyl groups excluding tert-OH is 1. The lowest BCUT2D eigenvalue weighted by molar-refractivity contribution is 0.269. The zero-order valence-corrected chi connectivity index (χ0v) is 7.44. The van der Waals surface area contributed by atoms with Gasteiger partial charge in [-0.1, -0.05) is 15.9 Å². The molecule has 0 aromatic rings. The highest BCUT2D eigenvalue weighted by atomic mass is 79.9. The quantitative estimate of drug-likeness (QED) is 0.684. The molecule has 0 fully saturated rings. The molecular weight excluding hydrogens is 208 g/mol. The summed E-state index contributed by atoms with van der Waals surface area (Å²) in [5.41, 5.74) is -1.24. The first kappa shape index (κ1) is 9.39. The summed E-state index contributed by atoms with van der Waals surface area (Å²) in [6.07, 6.45) is 0. The third-order valence-electron chi connectivity index (χ3n) is 0.881. The van der Waals surface area contributed by atoms with Crippen LogP contribution in [0.2, 0.25) is 0 Å². The van der Waals surface area contributed by atoms with Gasteiger partial charge in [-0.2, -0.15) is 0 Å². The number of rotatable bonds is 3. The minimum atomic E-state index is -3.24. The molecule has 1 unspecified atom stereocenters. The van der Waals surface area contributed by atoms with E-state index >= 15 is 0 Å². The van der Waals surface area contributed by atoms with Crippen LogP contribution in [-0.2, 0) is 9.84 Å². The van der Waals surface area contributed by atoms with Crippen LogP contribution in [0.1, 0.15) is 6.92 Å². The van der Waals surface area contributed by atoms with E-state index in [2.05, 4.69) is 15.9 Å². The minimum Gasteiger partial charge on any atom is -0.377 e. The van der Waals surface area contributed by atoms with E-state index in [1.807, 2.05) is 0 Å². The zero-order chi connectivity index (χ0) is 7.49. The lowest BCUT2D eigenvalue weighted by Gasteiger charge is -2.02. The van der Waals surface area contributed by atoms with Crippen LogP contribution >= 0.6 is 15.9 Å². The largest absolute Gasteiger partial charge is 0.377 e. The monoisotopic (exact) mass is 216 g/mol. The van der Waals surface area contributed by atoms with Gasteiger partial charge in [0.1, 0.15) is 0 Å². The van der Waals surface area contributed by atoms with Crippen molar-refractivity contribution < 1.29 is 13.5 Å². The molecule has 1 atom stereocenters. The Kier molecular flexibility index (Phi) is 3.68. The predicted octanol–water partition coefficient (Wildman–Crippen LogP) is 0.134. The van der Waals surface area contributed by atoms with Crippen molar-refractivity contribution in [3.8, 4) is 0 Å².